The molecule has 1 aliphatic heterocycles. The lowest BCUT2D eigenvalue weighted by Crippen LogP contribution is -2.38. The van der Waals surface area contributed by atoms with Crippen LogP contribution in [0.1, 0.15) is 111 Å². The first kappa shape index (κ1) is 28.4. The van der Waals surface area contributed by atoms with E-state index in [1.54, 1.807) is 0 Å². The standard InChI is InChI=1S/C27H55N3O/c1-5-7-9-10-11-12-14-19-30(22-18-26-16-20-29(4)21-17-26)24-25(3)23-28-27(31)15-13-8-6-2/h25-26H,5-24H2,1-4H3,(H,28,31). The number of amides is 1. The minimum atomic E-state index is 0.241. The molecule has 0 spiro atoms. The summed E-state index contributed by atoms with van der Waals surface area (Å²) >= 11 is 0. The summed E-state index contributed by atoms with van der Waals surface area (Å²) < 4.78 is 0. The van der Waals surface area contributed by atoms with Crippen LogP contribution in [0, 0.1) is 11.8 Å². The molecule has 0 saturated carbocycles. The lowest BCUT2D eigenvalue weighted by Gasteiger charge is -2.32. The van der Waals surface area contributed by atoms with Gasteiger partial charge in [-0.2, -0.15) is 0 Å². The average Bonchev–Trinajstić information content (AvgIpc) is 2.76. The number of hydrogen-bond acceptors (Lipinski definition) is 3. The van der Waals surface area contributed by atoms with E-state index in [9.17, 15) is 4.79 Å². The summed E-state index contributed by atoms with van der Waals surface area (Å²) in [6, 6.07) is 0. The number of nitrogens with zero attached hydrogens (tertiary/aromatic N) is 2. The quantitative estimate of drug-likeness (QED) is 0.248. The summed E-state index contributed by atoms with van der Waals surface area (Å²) in [6.45, 7) is 13.7. The number of hydrogen-bond donors (Lipinski definition) is 1. The van der Waals surface area contributed by atoms with E-state index >= 15 is 0 Å². The Balaban J connectivity index is 2.33. The lowest BCUT2D eigenvalue weighted by atomic mass is 9.93. The van der Waals surface area contributed by atoms with Crippen molar-refractivity contribution in [2.75, 3.05) is 46.3 Å². The van der Waals surface area contributed by atoms with Crippen molar-refractivity contribution in [2.24, 2.45) is 11.8 Å². The fourth-order valence-corrected chi connectivity index (χ4v) is 4.72. The summed E-state index contributed by atoms with van der Waals surface area (Å²) in [4.78, 5) is 17.2. The Hall–Kier alpha value is -0.610. The molecule has 1 amide bonds. The first-order valence-corrected chi connectivity index (χ1v) is 13.7. The van der Waals surface area contributed by atoms with Crippen LogP contribution in [-0.2, 0) is 4.79 Å². The van der Waals surface area contributed by atoms with E-state index in [2.05, 4.69) is 42.9 Å². The van der Waals surface area contributed by atoms with E-state index in [4.69, 9.17) is 0 Å². The van der Waals surface area contributed by atoms with Crippen molar-refractivity contribution in [2.45, 2.75) is 111 Å². The summed E-state index contributed by atoms with van der Waals surface area (Å²) in [5.41, 5.74) is 0. The van der Waals surface area contributed by atoms with Crippen molar-refractivity contribution in [3.8, 4) is 0 Å². The minimum Gasteiger partial charge on any atom is -0.356 e. The van der Waals surface area contributed by atoms with Gasteiger partial charge < -0.3 is 15.1 Å². The minimum absolute atomic E-state index is 0.241. The lowest BCUT2D eigenvalue weighted by molar-refractivity contribution is -0.121. The molecule has 1 saturated heterocycles. The maximum Gasteiger partial charge on any atom is 0.220 e. The van der Waals surface area contributed by atoms with Gasteiger partial charge in [-0.25, -0.2) is 0 Å². The molecule has 0 aromatic carbocycles. The highest BCUT2D eigenvalue weighted by atomic mass is 16.1. The van der Waals surface area contributed by atoms with Crippen molar-refractivity contribution in [1.82, 2.24) is 15.1 Å². The summed E-state index contributed by atoms with van der Waals surface area (Å²) in [7, 11) is 2.25. The molecule has 0 aliphatic carbocycles. The Morgan fingerprint density at radius 1 is 0.935 bits per heavy atom. The molecule has 1 aliphatic rings. The van der Waals surface area contributed by atoms with Gasteiger partial charge in [-0.1, -0.05) is 72.1 Å². The molecule has 1 atom stereocenters. The van der Waals surface area contributed by atoms with Gasteiger partial charge >= 0.3 is 0 Å². The van der Waals surface area contributed by atoms with Crippen LogP contribution in [0.3, 0.4) is 0 Å². The van der Waals surface area contributed by atoms with Gasteiger partial charge in [-0.15, -0.1) is 0 Å². The van der Waals surface area contributed by atoms with Crippen LogP contribution in [0.25, 0.3) is 0 Å². The van der Waals surface area contributed by atoms with Crippen molar-refractivity contribution >= 4 is 5.91 Å². The predicted octanol–water partition coefficient (Wildman–Crippen LogP) is 6.10. The summed E-state index contributed by atoms with van der Waals surface area (Å²) in [6.07, 6.45) is 17.8. The normalized spacial score (nSPS) is 16.7. The number of rotatable bonds is 19. The van der Waals surface area contributed by atoms with Gasteiger partial charge in [0.2, 0.25) is 5.91 Å². The Morgan fingerprint density at radius 3 is 2.23 bits per heavy atom. The van der Waals surface area contributed by atoms with E-state index in [1.807, 2.05) is 0 Å². The second kappa shape index (κ2) is 18.9. The zero-order valence-corrected chi connectivity index (χ0v) is 21.6. The second-order valence-electron chi connectivity index (χ2n) is 10.3. The van der Waals surface area contributed by atoms with Crippen LogP contribution < -0.4 is 5.32 Å². The topological polar surface area (TPSA) is 35.6 Å². The van der Waals surface area contributed by atoms with Crippen molar-refractivity contribution in [1.29, 1.82) is 0 Å². The Bertz CT molecular complexity index is 421. The predicted molar refractivity (Wildman–Crippen MR) is 136 cm³/mol. The molecular formula is C27H55N3O. The van der Waals surface area contributed by atoms with Gasteiger partial charge in [-0.05, 0) is 77.2 Å². The Morgan fingerprint density at radius 2 is 1.55 bits per heavy atom. The molecule has 0 aromatic rings. The molecule has 1 fully saturated rings. The molecule has 0 bridgehead atoms. The fourth-order valence-electron chi connectivity index (χ4n) is 4.72. The van der Waals surface area contributed by atoms with E-state index in [-0.39, 0.29) is 5.91 Å². The van der Waals surface area contributed by atoms with Gasteiger partial charge in [0.25, 0.3) is 0 Å². The highest BCUT2D eigenvalue weighted by Gasteiger charge is 2.18. The maximum atomic E-state index is 12.1. The number of carbonyl (C=O) groups excluding carboxylic acids is 1. The SMILES string of the molecule is CCCCCCCCCN(CCC1CCN(C)CC1)CC(C)CNC(=O)CCCCC. The molecule has 1 heterocycles. The van der Waals surface area contributed by atoms with Gasteiger partial charge in [0.1, 0.15) is 0 Å². The molecule has 0 radical (unpaired) electrons. The van der Waals surface area contributed by atoms with Crippen molar-refractivity contribution in [3.05, 3.63) is 0 Å². The average molecular weight is 438 g/mol. The van der Waals surface area contributed by atoms with Crippen LogP contribution in [0.5, 0.6) is 0 Å². The third-order valence-electron chi connectivity index (χ3n) is 6.99. The molecule has 4 heteroatoms. The van der Waals surface area contributed by atoms with Crippen molar-refractivity contribution < 1.29 is 4.79 Å². The van der Waals surface area contributed by atoms with Crippen LogP contribution in [0.2, 0.25) is 0 Å². The monoisotopic (exact) mass is 437 g/mol. The number of likely N-dealkylation sites (tertiary alicyclic amines) is 1. The highest BCUT2D eigenvalue weighted by Crippen LogP contribution is 2.20. The van der Waals surface area contributed by atoms with E-state index < -0.39 is 0 Å². The Kier molecular flexibility index (Phi) is 17.3. The Labute approximate surface area is 194 Å². The van der Waals surface area contributed by atoms with E-state index in [0.717, 1.165) is 31.8 Å². The zero-order valence-electron chi connectivity index (χ0n) is 21.6. The van der Waals surface area contributed by atoms with Gasteiger partial charge in [-0.3, -0.25) is 4.79 Å². The number of unbranched alkanes of at least 4 members (excludes halogenated alkanes) is 8. The smallest absolute Gasteiger partial charge is 0.220 e. The maximum absolute atomic E-state index is 12.1. The van der Waals surface area contributed by atoms with Crippen molar-refractivity contribution in [3.63, 3.8) is 0 Å². The first-order valence-electron chi connectivity index (χ1n) is 13.7. The molecule has 1 N–H and O–H groups in total. The molecule has 0 aromatic heterocycles. The largest absolute Gasteiger partial charge is 0.356 e. The summed E-state index contributed by atoms with van der Waals surface area (Å²) in [5, 5.41) is 3.18. The first-order chi connectivity index (χ1) is 15.0. The number of piperidine rings is 1. The van der Waals surface area contributed by atoms with E-state index in [0.29, 0.717) is 12.3 Å². The molecule has 1 unspecified atom stereocenters. The highest BCUT2D eigenvalue weighted by molar-refractivity contribution is 5.75. The van der Waals surface area contributed by atoms with Crippen LogP contribution in [0.4, 0.5) is 0 Å². The fraction of sp³-hybridized carbons (Fsp3) is 0.963. The van der Waals surface area contributed by atoms with Crippen LogP contribution in [-0.4, -0.2) is 62.0 Å². The molecular weight excluding hydrogens is 382 g/mol. The van der Waals surface area contributed by atoms with Gasteiger partial charge in [0.15, 0.2) is 0 Å². The second-order valence-corrected chi connectivity index (χ2v) is 10.3. The molecule has 184 valence electrons. The number of nitrogens with one attached hydrogen (secondary N) is 1. The van der Waals surface area contributed by atoms with Crippen LogP contribution in [0.15, 0.2) is 0 Å². The van der Waals surface area contributed by atoms with Crippen LogP contribution >= 0.6 is 0 Å². The molecule has 31 heavy (non-hydrogen) atoms. The van der Waals surface area contributed by atoms with Gasteiger partial charge in [0.05, 0.1) is 0 Å². The van der Waals surface area contributed by atoms with Gasteiger partial charge in [0, 0.05) is 19.5 Å². The summed E-state index contributed by atoms with van der Waals surface area (Å²) in [5.74, 6) is 1.67. The molecule has 4 nitrogen and oxygen atoms in total. The third kappa shape index (κ3) is 15.8. The zero-order chi connectivity index (χ0) is 22.7. The molecule has 1 rings (SSSR count). The number of carbonyl (C=O) groups is 1. The van der Waals surface area contributed by atoms with E-state index in [1.165, 1.54) is 96.8 Å². The third-order valence-corrected chi connectivity index (χ3v) is 6.99.